The van der Waals surface area contributed by atoms with Crippen molar-refractivity contribution in [1.82, 2.24) is 20.1 Å². The molecule has 2 rings (SSSR count). The fraction of sp³-hybridized carbons (Fsp3) is 0.462. The van der Waals surface area contributed by atoms with Crippen LogP contribution in [0.5, 0.6) is 0 Å². The van der Waals surface area contributed by atoms with Crippen molar-refractivity contribution in [3.05, 3.63) is 23.0 Å². The second-order valence-electron chi connectivity index (χ2n) is 4.98. The predicted octanol–water partition coefficient (Wildman–Crippen LogP) is 1.57. The van der Waals surface area contributed by atoms with Crippen LogP contribution in [0.1, 0.15) is 36.7 Å². The summed E-state index contributed by atoms with van der Waals surface area (Å²) in [4.78, 5) is 15.3. The summed E-state index contributed by atoms with van der Waals surface area (Å²) in [6.45, 7) is 6.52. The Kier molecular flexibility index (Phi) is 3.42. The van der Waals surface area contributed by atoms with Gasteiger partial charge in [0.15, 0.2) is 0 Å². The Morgan fingerprint density at radius 3 is 2.79 bits per heavy atom. The van der Waals surface area contributed by atoms with E-state index in [2.05, 4.69) is 29.2 Å². The molecule has 19 heavy (non-hydrogen) atoms. The number of pyridine rings is 1. The summed E-state index contributed by atoms with van der Waals surface area (Å²) in [6, 6.07) is 1.46. The fourth-order valence-electron chi connectivity index (χ4n) is 2.24. The lowest BCUT2D eigenvalue weighted by molar-refractivity contribution is 0.248. The molecule has 0 aliphatic rings. The van der Waals surface area contributed by atoms with Crippen LogP contribution in [0.15, 0.2) is 6.07 Å². The molecule has 2 aromatic rings. The van der Waals surface area contributed by atoms with Crippen molar-refractivity contribution in [3.8, 4) is 0 Å². The van der Waals surface area contributed by atoms with E-state index in [1.54, 1.807) is 0 Å². The zero-order valence-corrected chi connectivity index (χ0v) is 11.7. The number of aryl methyl sites for hydroxylation is 2. The van der Waals surface area contributed by atoms with Crippen LogP contribution in [0.2, 0.25) is 0 Å². The third kappa shape index (κ3) is 2.52. The van der Waals surface area contributed by atoms with Gasteiger partial charge in [0.05, 0.1) is 23.4 Å². The molecule has 0 saturated carbocycles. The van der Waals surface area contributed by atoms with Crippen molar-refractivity contribution in [2.75, 3.05) is 0 Å². The molecule has 0 aromatic carbocycles. The first kappa shape index (κ1) is 13.3. The first-order valence-corrected chi connectivity index (χ1v) is 6.26. The smallest absolute Gasteiger partial charge is 0.312 e. The third-order valence-corrected chi connectivity index (χ3v) is 3.11. The van der Waals surface area contributed by atoms with Gasteiger partial charge in [-0.2, -0.15) is 5.10 Å². The maximum atomic E-state index is 10.8. The van der Waals surface area contributed by atoms with Crippen LogP contribution < -0.4 is 11.1 Å². The zero-order chi connectivity index (χ0) is 14.2. The molecule has 0 spiro atoms. The minimum atomic E-state index is -0.545. The molecule has 0 bridgehead atoms. The van der Waals surface area contributed by atoms with Gasteiger partial charge in [-0.1, -0.05) is 13.8 Å². The molecular weight excluding hydrogens is 242 g/mol. The minimum Gasteiger partial charge on any atom is -0.352 e. The van der Waals surface area contributed by atoms with E-state index in [9.17, 15) is 4.79 Å². The summed E-state index contributed by atoms with van der Waals surface area (Å²) in [5.74, 6) is 0.354. The highest BCUT2D eigenvalue weighted by Gasteiger charge is 2.15. The number of nitrogens with two attached hydrogens (primary N) is 1. The van der Waals surface area contributed by atoms with Crippen molar-refractivity contribution in [3.63, 3.8) is 0 Å². The Morgan fingerprint density at radius 2 is 2.21 bits per heavy atom. The normalized spacial score (nSPS) is 11.2. The molecule has 0 atom stereocenters. The summed E-state index contributed by atoms with van der Waals surface area (Å²) in [7, 11) is 1.92. The van der Waals surface area contributed by atoms with Crippen LogP contribution in [-0.4, -0.2) is 20.8 Å². The highest BCUT2D eigenvalue weighted by atomic mass is 16.2. The van der Waals surface area contributed by atoms with Crippen LogP contribution in [-0.2, 0) is 13.6 Å². The first-order chi connectivity index (χ1) is 8.90. The molecule has 102 valence electrons. The molecule has 0 radical (unpaired) electrons. The average Bonchev–Trinajstić information content (AvgIpc) is 2.61. The number of primary amides is 1. The second-order valence-corrected chi connectivity index (χ2v) is 4.98. The van der Waals surface area contributed by atoms with Gasteiger partial charge >= 0.3 is 6.03 Å². The van der Waals surface area contributed by atoms with E-state index in [1.807, 2.05) is 24.7 Å². The third-order valence-electron chi connectivity index (χ3n) is 3.11. The number of urea groups is 1. The molecule has 6 nitrogen and oxygen atoms in total. The van der Waals surface area contributed by atoms with E-state index in [0.29, 0.717) is 12.5 Å². The number of fused-ring (bicyclic) bond motifs is 1. The summed E-state index contributed by atoms with van der Waals surface area (Å²) < 4.78 is 1.86. The summed E-state index contributed by atoms with van der Waals surface area (Å²) in [5.41, 5.74) is 9.89. The number of carbonyl (C=O) groups is 1. The molecule has 0 unspecified atom stereocenters. The monoisotopic (exact) mass is 261 g/mol. The van der Waals surface area contributed by atoms with Gasteiger partial charge in [-0.25, -0.2) is 9.78 Å². The van der Waals surface area contributed by atoms with E-state index in [4.69, 9.17) is 5.73 Å². The van der Waals surface area contributed by atoms with Crippen molar-refractivity contribution < 1.29 is 4.79 Å². The maximum Gasteiger partial charge on any atom is 0.312 e. The standard InChI is InChI=1S/C13H19N5O/c1-7(2)10-5-9(6-15-13(14)19)16-11-8(3)17-18(4)12(10)11/h5,7H,6H2,1-4H3,(H3,14,15,19). The van der Waals surface area contributed by atoms with Crippen LogP contribution in [0, 0.1) is 6.92 Å². The zero-order valence-electron chi connectivity index (χ0n) is 11.7. The number of rotatable bonds is 3. The number of amides is 2. The van der Waals surface area contributed by atoms with E-state index in [-0.39, 0.29) is 0 Å². The Bertz CT molecular complexity index is 629. The van der Waals surface area contributed by atoms with Crippen LogP contribution >= 0.6 is 0 Å². The second kappa shape index (κ2) is 4.87. The molecule has 0 aliphatic carbocycles. The Labute approximate surface area is 112 Å². The lowest BCUT2D eigenvalue weighted by atomic mass is 10.0. The van der Waals surface area contributed by atoms with E-state index < -0.39 is 6.03 Å². The number of hydrogen-bond acceptors (Lipinski definition) is 3. The fourth-order valence-corrected chi connectivity index (χ4v) is 2.24. The van der Waals surface area contributed by atoms with Crippen molar-refractivity contribution in [2.24, 2.45) is 12.8 Å². The van der Waals surface area contributed by atoms with Crippen molar-refractivity contribution in [2.45, 2.75) is 33.2 Å². The van der Waals surface area contributed by atoms with Gasteiger partial charge in [-0.3, -0.25) is 4.68 Å². The van der Waals surface area contributed by atoms with E-state index >= 15 is 0 Å². The van der Waals surface area contributed by atoms with Gasteiger partial charge in [-0.05, 0) is 24.5 Å². The Morgan fingerprint density at radius 1 is 1.53 bits per heavy atom. The maximum absolute atomic E-state index is 10.8. The molecule has 2 amide bonds. The highest BCUT2D eigenvalue weighted by molar-refractivity contribution is 5.81. The van der Waals surface area contributed by atoms with Gasteiger partial charge in [0.2, 0.25) is 0 Å². The lowest BCUT2D eigenvalue weighted by Crippen LogP contribution is -2.29. The van der Waals surface area contributed by atoms with Gasteiger partial charge in [0.1, 0.15) is 5.52 Å². The summed E-state index contributed by atoms with van der Waals surface area (Å²) >= 11 is 0. The van der Waals surface area contributed by atoms with Gasteiger partial charge in [-0.15, -0.1) is 0 Å². The van der Waals surface area contributed by atoms with Crippen LogP contribution in [0.3, 0.4) is 0 Å². The van der Waals surface area contributed by atoms with Gasteiger partial charge in [0, 0.05) is 7.05 Å². The molecule has 0 fully saturated rings. The molecule has 6 heteroatoms. The number of nitrogens with zero attached hydrogens (tertiary/aromatic N) is 3. The number of hydrogen-bond donors (Lipinski definition) is 2. The predicted molar refractivity (Wildman–Crippen MR) is 73.8 cm³/mol. The SMILES string of the molecule is Cc1nn(C)c2c(C(C)C)cc(CNC(N)=O)nc12. The number of nitrogens with one attached hydrogen (secondary N) is 1. The van der Waals surface area contributed by atoms with Gasteiger partial charge in [0.25, 0.3) is 0 Å². The molecular formula is C13H19N5O. The molecule has 2 aromatic heterocycles. The van der Waals surface area contributed by atoms with E-state index in [0.717, 1.165) is 22.4 Å². The first-order valence-electron chi connectivity index (χ1n) is 6.26. The topological polar surface area (TPSA) is 85.8 Å². The van der Waals surface area contributed by atoms with Crippen molar-refractivity contribution in [1.29, 1.82) is 0 Å². The van der Waals surface area contributed by atoms with Crippen LogP contribution in [0.25, 0.3) is 11.0 Å². The minimum absolute atomic E-state index is 0.333. The number of aromatic nitrogens is 3. The highest BCUT2D eigenvalue weighted by Crippen LogP contribution is 2.26. The molecule has 0 saturated heterocycles. The van der Waals surface area contributed by atoms with Gasteiger partial charge < -0.3 is 11.1 Å². The quantitative estimate of drug-likeness (QED) is 0.879. The molecule has 3 N–H and O–H groups in total. The average molecular weight is 261 g/mol. The lowest BCUT2D eigenvalue weighted by Gasteiger charge is -2.11. The summed E-state index contributed by atoms with van der Waals surface area (Å²) in [5, 5.41) is 6.98. The Hall–Kier alpha value is -2.11. The van der Waals surface area contributed by atoms with E-state index in [1.165, 1.54) is 5.56 Å². The van der Waals surface area contributed by atoms with Crippen molar-refractivity contribution >= 4 is 17.1 Å². The van der Waals surface area contributed by atoms with Crippen LogP contribution in [0.4, 0.5) is 4.79 Å². The summed E-state index contributed by atoms with van der Waals surface area (Å²) in [6.07, 6.45) is 0. The molecule has 2 heterocycles. The number of carbonyl (C=O) groups excluding carboxylic acids is 1. The Balaban J connectivity index is 2.57. The molecule has 0 aliphatic heterocycles. The largest absolute Gasteiger partial charge is 0.352 e.